The Balaban J connectivity index is 4.52. The molecule has 0 saturated carbocycles. The van der Waals surface area contributed by atoms with E-state index in [0.29, 0.717) is 0 Å². The Kier molecular flexibility index (Phi) is 5.78. The number of hydrogen-bond donors (Lipinski definition) is 0. The fourth-order valence-corrected chi connectivity index (χ4v) is 1.19. The van der Waals surface area contributed by atoms with Crippen LogP contribution in [0.25, 0.3) is 0 Å². The predicted octanol–water partition coefficient (Wildman–Crippen LogP) is 0.565. The number of halogens is 2. The lowest BCUT2D eigenvalue weighted by Crippen LogP contribution is -2.36. The van der Waals surface area contributed by atoms with Gasteiger partial charge in [0.25, 0.3) is 0 Å². The topological polar surface area (TPSA) is 110 Å². The molecular weight excluding hydrogens is 302 g/mol. The maximum Gasteiger partial charge on any atom is 0.367 e. The van der Waals surface area contributed by atoms with Crippen molar-refractivity contribution in [1.82, 2.24) is 0 Å². The Bertz CT molecular complexity index is 496. The van der Waals surface area contributed by atoms with E-state index in [4.69, 9.17) is 4.74 Å². The Morgan fingerprint density at radius 2 is 1.85 bits per heavy atom. The molecule has 0 bridgehead atoms. The summed E-state index contributed by atoms with van der Waals surface area (Å²) in [5, 5.41) is -4.72. The summed E-state index contributed by atoms with van der Waals surface area (Å²) in [7, 11) is -5.92. The second-order valence-electron chi connectivity index (χ2n) is 4.31. The highest BCUT2D eigenvalue weighted by atomic mass is 32.2. The van der Waals surface area contributed by atoms with E-state index < -0.39 is 45.9 Å². The molecule has 0 N–H and O–H groups in total. The molecule has 0 aromatic heterocycles. The molecule has 0 aliphatic rings. The Morgan fingerprint density at radius 1 is 1.35 bits per heavy atom. The van der Waals surface area contributed by atoms with Gasteiger partial charge in [0.2, 0.25) is 0 Å². The van der Waals surface area contributed by atoms with Gasteiger partial charge in [0.05, 0.1) is 6.42 Å². The molecule has 0 heterocycles. The third kappa shape index (κ3) is 6.06. The molecule has 0 atom stereocenters. The van der Waals surface area contributed by atoms with E-state index >= 15 is 0 Å². The molecule has 0 unspecified atom stereocenters. The lowest BCUT2D eigenvalue weighted by atomic mass is 10.1. The zero-order valence-corrected chi connectivity index (χ0v) is 11.5. The molecule has 0 aromatic carbocycles. The molecule has 7 nitrogen and oxygen atoms in total. The van der Waals surface area contributed by atoms with E-state index in [2.05, 4.69) is 11.3 Å². The summed E-state index contributed by atoms with van der Waals surface area (Å²) in [5.74, 6) is -2.09. The van der Waals surface area contributed by atoms with Crippen molar-refractivity contribution in [3.8, 4) is 0 Å². The summed E-state index contributed by atoms with van der Waals surface area (Å²) < 4.78 is 64.6. The molecule has 0 radical (unpaired) electrons. The first-order valence-electron chi connectivity index (χ1n) is 5.15. The van der Waals surface area contributed by atoms with Crippen LogP contribution >= 0.6 is 0 Å². The van der Waals surface area contributed by atoms with Crippen molar-refractivity contribution in [3.05, 3.63) is 12.7 Å². The van der Waals surface area contributed by atoms with Crippen molar-refractivity contribution >= 4 is 22.1 Å². The van der Waals surface area contributed by atoms with Gasteiger partial charge in [-0.3, -0.25) is 4.79 Å². The average Bonchev–Trinajstić information content (AvgIpc) is 2.23. The van der Waals surface area contributed by atoms with Crippen molar-refractivity contribution in [2.24, 2.45) is 0 Å². The molecule has 0 rings (SSSR count). The number of carbonyl (C=O) groups is 2. The van der Waals surface area contributed by atoms with E-state index in [1.54, 1.807) is 0 Å². The second-order valence-corrected chi connectivity index (χ2v) is 5.82. The highest BCUT2D eigenvalue weighted by molar-refractivity contribution is 7.86. The van der Waals surface area contributed by atoms with Crippen molar-refractivity contribution in [2.45, 2.75) is 31.1 Å². The highest BCUT2D eigenvalue weighted by Gasteiger charge is 2.40. The van der Waals surface area contributed by atoms with Crippen LogP contribution in [0.2, 0.25) is 0 Å². The number of rotatable bonds is 7. The molecule has 0 aliphatic carbocycles. The van der Waals surface area contributed by atoms with E-state index in [1.807, 2.05) is 0 Å². The largest absolute Gasteiger partial charge is 0.743 e. The molecule has 20 heavy (non-hydrogen) atoms. The number of hydrogen-bond acceptors (Lipinski definition) is 7. The maximum absolute atomic E-state index is 12.7. The van der Waals surface area contributed by atoms with Gasteiger partial charge >= 0.3 is 17.2 Å². The fourth-order valence-electron chi connectivity index (χ4n) is 0.985. The normalized spacial score (nSPS) is 12.7. The lowest BCUT2D eigenvalue weighted by Gasteiger charge is -2.24. The van der Waals surface area contributed by atoms with Gasteiger partial charge in [0, 0.05) is 6.08 Å². The predicted molar refractivity (Wildman–Crippen MR) is 60.6 cm³/mol. The van der Waals surface area contributed by atoms with Crippen molar-refractivity contribution in [2.75, 3.05) is 6.61 Å². The number of ether oxygens (including phenoxy) is 2. The highest BCUT2D eigenvalue weighted by Crippen LogP contribution is 2.22. The molecule has 0 amide bonds. The van der Waals surface area contributed by atoms with Gasteiger partial charge in [-0.25, -0.2) is 13.2 Å². The third-order valence-electron chi connectivity index (χ3n) is 1.88. The van der Waals surface area contributed by atoms with Crippen LogP contribution in [0.4, 0.5) is 8.78 Å². The minimum Gasteiger partial charge on any atom is -0.743 e. The monoisotopic (exact) mass is 315 g/mol. The summed E-state index contributed by atoms with van der Waals surface area (Å²) >= 11 is 0. The standard InChI is InChI=1S/C10H14F2O7S/c1-4-7(13)19-9(2,3)5-8(14)18-6-10(11,12)20(15,16)17/h4H,1,5-6H2,2-3H3,(H,15,16,17)/p-1. The number of alkyl halides is 2. The molecular formula is C10H13F2O7S-. The summed E-state index contributed by atoms with van der Waals surface area (Å²) in [5.41, 5.74) is -1.37. The molecule has 0 aliphatic heterocycles. The van der Waals surface area contributed by atoms with Gasteiger partial charge in [-0.15, -0.1) is 0 Å². The Hall–Kier alpha value is -1.55. The zero-order chi connectivity index (χ0) is 16.2. The first-order valence-corrected chi connectivity index (χ1v) is 6.56. The SMILES string of the molecule is C=CC(=O)OC(C)(C)CC(=O)OCC(F)(F)S(=O)(=O)[O-]. The van der Waals surface area contributed by atoms with Gasteiger partial charge < -0.3 is 14.0 Å². The summed E-state index contributed by atoms with van der Waals surface area (Å²) in [6.45, 7) is 3.84. The molecule has 10 heteroatoms. The molecule has 0 saturated heterocycles. The van der Waals surface area contributed by atoms with Crippen molar-refractivity contribution in [3.63, 3.8) is 0 Å². The van der Waals surface area contributed by atoms with Gasteiger partial charge in [-0.2, -0.15) is 8.78 Å². The van der Waals surface area contributed by atoms with Crippen LogP contribution in [0.3, 0.4) is 0 Å². The summed E-state index contributed by atoms with van der Waals surface area (Å²) in [4.78, 5) is 22.2. The van der Waals surface area contributed by atoms with Crippen LogP contribution < -0.4 is 0 Å². The van der Waals surface area contributed by atoms with E-state index in [9.17, 15) is 31.3 Å². The van der Waals surface area contributed by atoms with Crippen LogP contribution in [0.15, 0.2) is 12.7 Å². The first-order chi connectivity index (χ1) is 8.81. The van der Waals surface area contributed by atoms with Crippen LogP contribution in [-0.2, 0) is 29.2 Å². The minimum atomic E-state index is -5.92. The fraction of sp³-hybridized carbons (Fsp3) is 0.600. The Morgan fingerprint density at radius 3 is 2.25 bits per heavy atom. The van der Waals surface area contributed by atoms with Crippen LogP contribution in [0.1, 0.15) is 20.3 Å². The molecule has 116 valence electrons. The van der Waals surface area contributed by atoms with E-state index in [1.165, 1.54) is 13.8 Å². The quantitative estimate of drug-likeness (QED) is 0.383. The first kappa shape index (κ1) is 18.4. The van der Waals surface area contributed by atoms with E-state index in [0.717, 1.165) is 6.08 Å². The van der Waals surface area contributed by atoms with Crippen LogP contribution in [-0.4, -0.2) is 42.4 Å². The van der Waals surface area contributed by atoms with Gasteiger partial charge in [-0.05, 0) is 13.8 Å². The third-order valence-corrected chi connectivity index (χ3v) is 2.73. The maximum atomic E-state index is 12.7. The lowest BCUT2D eigenvalue weighted by molar-refractivity contribution is -0.162. The number of esters is 2. The zero-order valence-electron chi connectivity index (χ0n) is 10.7. The summed E-state index contributed by atoms with van der Waals surface area (Å²) in [6, 6.07) is 0. The van der Waals surface area contributed by atoms with Crippen LogP contribution in [0, 0.1) is 0 Å². The second kappa shape index (κ2) is 6.27. The van der Waals surface area contributed by atoms with Crippen LogP contribution in [0.5, 0.6) is 0 Å². The molecule has 0 fully saturated rings. The molecule has 0 aromatic rings. The molecule has 0 spiro atoms. The number of carbonyl (C=O) groups excluding carboxylic acids is 2. The van der Waals surface area contributed by atoms with Crippen molar-refractivity contribution < 1.29 is 40.8 Å². The van der Waals surface area contributed by atoms with Gasteiger partial charge in [-0.1, -0.05) is 6.58 Å². The minimum absolute atomic E-state index is 0.610. The Labute approximate surface area is 114 Å². The van der Waals surface area contributed by atoms with Gasteiger partial charge in [0.15, 0.2) is 16.7 Å². The van der Waals surface area contributed by atoms with Crippen molar-refractivity contribution in [1.29, 1.82) is 0 Å². The van der Waals surface area contributed by atoms with Gasteiger partial charge in [0.1, 0.15) is 5.60 Å². The smallest absolute Gasteiger partial charge is 0.367 e. The van der Waals surface area contributed by atoms with E-state index in [-0.39, 0.29) is 0 Å². The average molecular weight is 315 g/mol. The summed E-state index contributed by atoms with van der Waals surface area (Å²) in [6.07, 6.45) is 0.229.